The first-order valence-corrected chi connectivity index (χ1v) is 5.83. The highest BCUT2D eigenvalue weighted by Crippen LogP contribution is 2.38. The van der Waals surface area contributed by atoms with E-state index in [1.165, 1.54) is 6.07 Å². The van der Waals surface area contributed by atoms with E-state index in [9.17, 15) is 9.90 Å². The van der Waals surface area contributed by atoms with Crippen LogP contribution in [0.1, 0.15) is 21.5 Å². The molecule has 4 heteroatoms. The average molecular weight is 253 g/mol. The first-order chi connectivity index (χ1) is 9.16. The van der Waals surface area contributed by atoms with Gasteiger partial charge in [-0.2, -0.15) is 0 Å². The number of aromatic hydroxyl groups is 1. The smallest absolute Gasteiger partial charge is 0.231 e. The Morgan fingerprint density at radius 3 is 2.89 bits per heavy atom. The fourth-order valence-electron chi connectivity index (χ4n) is 1.99. The molecule has 0 aliphatic carbocycles. The molecule has 1 aliphatic rings. The number of allylic oxidation sites excluding steroid dienone is 1. The lowest BCUT2D eigenvalue weighted by Crippen LogP contribution is -1.97. The normalized spacial score (nSPS) is 15.4. The van der Waals surface area contributed by atoms with Crippen molar-refractivity contribution < 1.29 is 14.6 Å². The van der Waals surface area contributed by atoms with Crippen molar-refractivity contribution in [3.8, 4) is 11.5 Å². The average Bonchev–Trinajstić information content (AvgIpc) is 2.73. The van der Waals surface area contributed by atoms with Gasteiger partial charge in [0.25, 0.3) is 0 Å². The van der Waals surface area contributed by atoms with E-state index in [1.54, 1.807) is 37.5 Å². The highest BCUT2D eigenvalue weighted by atomic mass is 16.5. The molecule has 94 valence electrons. The Labute approximate surface area is 110 Å². The molecule has 0 atom stereocenters. The largest absolute Gasteiger partial charge is 0.508 e. The molecule has 2 heterocycles. The topological polar surface area (TPSA) is 59.4 Å². The molecule has 0 bridgehead atoms. The number of hydrogen-bond donors (Lipinski definition) is 1. The Kier molecular flexibility index (Phi) is 2.56. The predicted octanol–water partition coefficient (Wildman–Crippen LogP) is 2.71. The van der Waals surface area contributed by atoms with Crippen LogP contribution in [0.4, 0.5) is 0 Å². The van der Waals surface area contributed by atoms with Crippen molar-refractivity contribution in [2.45, 2.75) is 6.92 Å². The molecule has 3 rings (SSSR count). The molecule has 4 nitrogen and oxygen atoms in total. The summed E-state index contributed by atoms with van der Waals surface area (Å²) in [5.74, 6) is 0.618. The summed E-state index contributed by atoms with van der Waals surface area (Å²) in [4.78, 5) is 16.2. The quantitative estimate of drug-likeness (QED) is 0.794. The van der Waals surface area contributed by atoms with Gasteiger partial charge in [-0.05, 0) is 36.8 Å². The molecular formula is C15H11NO3. The molecule has 0 saturated heterocycles. The van der Waals surface area contributed by atoms with E-state index in [1.807, 2.05) is 6.07 Å². The lowest BCUT2D eigenvalue weighted by atomic mass is 10.1. The number of ether oxygens (including phenoxy) is 1. The second-order valence-electron chi connectivity index (χ2n) is 4.31. The summed E-state index contributed by atoms with van der Waals surface area (Å²) in [6, 6.07) is 6.70. The minimum absolute atomic E-state index is 0.120. The summed E-state index contributed by atoms with van der Waals surface area (Å²) in [6.45, 7) is 1.72. The van der Waals surface area contributed by atoms with Crippen LogP contribution < -0.4 is 4.74 Å². The molecule has 0 saturated carbocycles. The minimum atomic E-state index is -0.179. The van der Waals surface area contributed by atoms with E-state index >= 15 is 0 Å². The van der Waals surface area contributed by atoms with Gasteiger partial charge >= 0.3 is 0 Å². The maximum absolute atomic E-state index is 12.2. The first kappa shape index (κ1) is 11.5. The molecule has 0 fully saturated rings. The second-order valence-corrected chi connectivity index (χ2v) is 4.31. The van der Waals surface area contributed by atoms with Gasteiger partial charge in [0.1, 0.15) is 11.5 Å². The maximum Gasteiger partial charge on any atom is 0.231 e. The van der Waals surface area contributed by atoms with Gasteiger partial charge in [0.15, 0.2) is 5.76 Å². The Balaban J connectivity index is 2.05. The summed E-state index contributed by atoms with van der Waals surface area (Å²) in [5, 5.41) is 9.62. The maximum atomic E-state index is 12.2. The second kappa shape index (κ2) is 4.24. The molecule has 1 aromatic carbocycles. The fourth-order valence-corrected chi connectivity index (χ4v) is 1.99. The van der Waals surface area contributed by atoms with E-state index in [2.05, 4.69) is 4.98 Å². The molecule has 1 aromatic heterocycles. The molecule has 1 N–H and O–H groups in total. The zero-order valence-corrected chi connectivity index (χ0v) is 10.3. The lowest BCUT2D eigenvalue weighted by Gasteiger charge is -2.03. The van der Waals surface area contributed by atoms with Crippen LogP contribution in [0.3, 0.4) is 0 Å². The molecule has 19 heavy (non-hydrogen) atoms. The van der Waals surface area contributed by atoms with Crippen molar-refractivity contribution in [3.05, 3.63) is 59.1 Å². The number of Topliss-reactive ketones (excluding diaryl/α,β-unsaturated/α-hetero) is 1. The molecule has 0 spiro atoms. The Bertz CT molecular complexity index is 690. The third kappa shape index (κ3) is 1.87. The molecule has 1 aliphatic heterocycles. The summed E-state index contributed by atoms with van der Waals surface area (Å²) < 4.78 is 5.56. The van der Waals surface area contributed by atoms with E-state index in [0.29, 0.717) is 16.9 Å². The predicted molar refractivity (Wildman–Crippen MR) is 70.0 cm³/mol. The Morgan fingerprint density at radius 1 is 1.32 bits per heavy atom. The monoisotopic (exact) mass is 253 g/mol. The number of fused-ring (bicyclic) bond motifs is 1. The lowest BCUT2D eigenvalue weighted by molar-refractivity contribution is 0.101. The molecule has 0 amide bonds. The van der Waals surface area contributed by atoms with Crippen molar-refractivity contribution in [1.29, 1.82) is 0 Å². The van der Waals surface area contributed by atoms with Gasteiger partial charge in [0, 0.05) is 18.0 Å². The van der Waals surface area contributed by atoms with Gasteiger partial charge in [0.2, 0.25) is 5.78 Å². The van der Waals surface area contributed by atoms with Gasteiger partial charge in [0.05, 0.1) is 5.56 Å². The number of ketones is 1. The van der Waals surface area contributed by atoms with Crippen LogP contribution in [-0.2, 0) is 0 Å². The minimum Gasteiger partial charge on any atom is -0.508 e. The fraction of sp³-hybridized carbons (Fsp3) is 0.0667. The number of rotatable bonds is 1. The number of pyridine rings is 1. The zero-order valence-electron chi connectivity index (χ0n) is 10.3. The van der Waals surface area contributed by atoms with Crippen molar-refractivity contribution in [2.75, 3.05) is 0 Å². The van der Waals surface area contributed by atoms with Crippen LogP contribution >= 0.6 is 0 Å². The van der Waals surface area contributed by atoms with Crippen LogP contribution in [0.15, 0.2) is 42.4 Å². The van der Waals surface area contributed by atoms with E-state index in [0.717, 1.165) is 5.56 Å². The Morgan fingerprint density at radius 2 is 2.16 bits per heavy atom. The zero-order chi connectivity index (χ0) is 13.4. The van der Waals surface area contributed by atoms with Crippen molar-refractivity contribution in [3.63, 3.8) is 0 Å². The van der Waals surface area contributed by atoms with E-state index < -0.39 is 0 Å². The number of benzene rings is 1. The number of carbonyl (C=O) groups is 1. The van der Waals surface area contributed by atoms with E-state index in [-0.39, 0.29) is 17.3 Å². The molecule has 0 unspecified atom stereocenters. The summed E-state index contributed by atoms with van der Waals surface area (Å²) in [6.07, 6.45) is 4.96. The van der Waals surface area contributed by atoms with Crippen molar-refractivity contribution in [2.24, 2.45) is 0 Å². The SMILES string of the molecule is Cc1c(O)ccc2c1OC(=Cc1cccnc1)C2=O. The highest BCUT2D eigenvalue weighted by molar-refractivity contribution is 6.14. The van der Waals surface area contributed by atoms with Crippen molar-refractivity contribution in [1.82, 2.24) is 4.98 Å². The van der Waals surface area contributed by atoms with Crippen molar-refractivity contribution >= 4 is 11.9 Å². The van der Waals surface area contributed by atoms with Crippen LogP contribution in [0.5, 0.6) is 11.5 Å². The third-order valence-corrected chi connectivity index (χ3v) is 3.04. The number of carbonyl (C=O) groups excluding carboxylic acids is 1. The third-order valence-electron chi connectivity index (χ3n) is 3.04. The summed E-state index contributed by atoms with van der Waals surface area (Å²) >= 11 is 0. The summed E-state index contributed by atoms with van der Waals surface area (Å²) in [7, 11) is 0. The van der Waals surface area contributed by atoms with Gasteiger partial charge in [-0.25, -0.2) is 0 Å². The standard InChI is InChI=1S/C15H11NO3/c1-9-12(17)5-4-11-14(18)13(19-15(9)11)7-10-3-2-6-16-8-10/h2-8,17H,1H3. The van der Waals surface area contributed by atoms with Gasteiger partial charge in [-0.3, -0.25) is 9.78 Å². The highest BCUT2D eigenvalue weighted by Gasteiger charge is 2.29. The molecule has 0 radical (unpaired) electrons. The Hall–Kier alpha value is -2.62. The van der Waals surface area contributed by atoms with Crippen LogP contribution in [-0.4, -0.2) is 15.9 Å². The number of aromatic nitrogens is 1. The number of phenols is 1. The van der Waals surface area contributed by atoms with Crippen LogP contribution in [0.2, 0.25) is 0 Å². The first-order valence-electron chi connectivity index (χ1n) is 5.83. The van der Waals surface area contributed by atoms with Crippen LogP contribution in [0, 0.1) is 6.92 Å². The molecule has 2 aromatic rings. The van der Waals surface area contributed by atoms with Gasteiger partial charge in [-0.1, -0.05) is 6.07 Å². The molecular weight excluding hydrogens is 242 g/mol. The summed E-state index contributed by atoms with van der Waals surface area (Å²) in [5.41, 5.74) is 1.84. The number of phenolic OH excluding ortho intramolecular Hbond substituents is 1. The van der Waals surface area contributed by atoms with Gasteiger partial charge < -0.3 is 9.84 Å². The van der Waals surface area contributed by atoms with E-state index in [4.69, 9.17) is 4.74 Å². The van der Waals surface area contributed by atoms with Crippen LogP contribution in [0.25, 0.3) is 6.08 Å². The number of nitrogens with zero attached hydrogens (tertiary/aromatic N) is 1. The number of hydrogen-bond acceptors (Lipinski definition) is 4. The van der Waals surface area contributed by atoms with Gasteiger partial charge in [-0.15, -0.1) is 0 Å².